The van der Waals surface area contributed by atoms with E-state index in [1.54, 1.807) is 24.3 Å². The largest absolute Gasteiger partial charge is 0.465 e. The molecule has 0 spiro atoms. The van der Waals surface area contributed by atoms with Crippen LogP contribution in [-0.4, -0.2) is 30.1 Å². The third kappa shape index (κ3) is 4.08. The average Bonchev–Trinajstić information content (AvgIpc) is 3.21. The predicted molar refractivity (Wildman–Crippen MR) is 120 cm³/mol. The Kier molecular flexibility index (Phi) is 5.85. The standard InChI is InChI=1S/C26H23NO4/c1-3-16-31-26(29)21-13-9-19(10-14-21)24-22(17-27-15-5-4-6-23(24)27)18-7-11-20(12-8-18)25(28)30-2/h4-15,17H,3,16H2,1-2H3. The topological polar surface area (TPSA) is 57.0 Å². The molecule has 0 aliphatic heterocycles. The zero-order chi connectivity index (χ0) is 21.8. The second-order valence-corrected chi connectivity index (χ2v) is 7.19. The Labute approximate surface area is 180 Å². The summed E-state index contributed by atoms with van der Waals surface area (Å²) < 4.78 is 12.1. The van der Waals surface area contributed by atoms with E-state index in [4.69, 9.17) is 9.47 Å². The number of rotatable bonds is 6. The maximum atomic E-state index is 12.1. The summed E-state index contributed by atoms with van der Waals surface area (Å²) >= 11 is 0. The molecular weight excluding hydrogens is 390 g/mol. The number of hydrogen-bond acceptors (Lipinski definition) is 4. The van der Waals surface area contributed by atoms with E-state index in [2.05, 4.69) is 16.7 Å². The fourth-order valence-corrected chi connectivity index (χ4v) is 3.60. The van der Waals surface area contributed by atoms with Gasteiger partial charge in [0.15, 0.2) is 0 Å². The number of nitrogens with zero attached hydrogens (tertiary/aromatic N) is 1. The predicted octanol–water partition coefficient (Wildman–Crippen LogP) is 5.63. The summed E-state index contributed by atoms with van der Waals surface area (Å²) in [5.41, 5.74) is 6.15. The second kappa shape index (κ2) is 8.88. The van der Waals surface area contributed by atoms with Crippen LogP contribution in [0.15, 0.2) is 79.1 Å². The number of ether oxygens (including phenoxy) is 2. The number of hydrogen-bond donors (Lipinski definition) is 0. The molecule has 0 radical (unpaired) electrons. The third-order valence-corrected chi connectivity index (χ3v) is 5.15. The Morgan fingerprint density at radius 1 is 0.839 bits per heavy atom. The zero-order valence-electron chi connectivity index (χ0n) is 17.5. The van der Waals surface area contributed by atoms with Crippen molar-refractivity contribution in [3.05, 3.63) is 90.3 Å². The zero-order valence-corrected chi connectivity index (χ0v) is 17.5. The number of carbonyl (C=O) groups excluding carboxylic acids is 2. The van der Waals surface area contributed by atoms with Crippen LogP contribution in [0.25, 0.3) is 27.8 Å². The maximum Gasteiger partial charge on any atom is 0.338 e. The first-order valence-corrected chi connectivity index (χ1v) is 10.2. The molecule has 2 aromatic carbocycles. The molecule has 0 unspecified atom stereocenters. The van der Waals surface area contributed by atoms with Crippen molar-refractivity contribution in [2.24, 2.45) is 0 Å². The number of benzene rings is 2. The summed E-state index contributed by atoms with van der Waals surface area (Å²) in [7, 11) is 1.37. The van der Waals surface area contributed by atoms with Crippen LogP contribution >= 0.6 is 0 Å². The lowest BCUT2D eigenvalue weighted by atomic mass is 9.96. The fraction of sp³-hybridized carbons (Fsp3) is 0.154. The van der Waals surface area contributed by atoms with Gasteiger partial charge in [0.25, 0.3) is 0 Å². The highest BCUT2D eigenvalue weighted by Crippen LogP contribution is 2.37. The van der Waals surface area contributed by atoms with Gasteiger partial charge in [0.2, 0.25) is 0 Å². The molecule has 2 heterocycles. The van der Waals surface area contributed by atoms with E-state index < -0.39 is 0 Å². The molecule has 0 aliphatic rings. The molecule has 0 N–H and O–H groups in total. The molecule has 0 saturated carbocycles. The molecule has 0 fully saturated rings. The minimum atomic E-state index is -0.362. The van der Waals surface area contributed by atoms with Gasteiger partial charge in [-0.15, -0.1) is 0 Å². The van der Waals surface area contributed by atoms with E-state index >= 15 is 0 Å². The molecule has 156 valence electrons. The fourth-order valence-electron chi connectivity index (χ4n) is 3.60. The second-order valence-electron chi connectivity index (χ2n) is 7.19. The molecular formula is C26H23NO4. The number of pyridine rings is 1. The molecule has 0 aliphatic carbocycles. The van der Waals surface area contributed by atoms with Gasteiger partial charge in [-0.2, -0.15) is 0 Å². The minimum Gasteiger partial charge on any atom is -0.465 e. The third-order valence-electron chi connectivity index (χ3n) is 5.15. The van der Waals surface area contributed by atoms with Crippen LogP contribution in [0.3, 0.4) is 0 Å². The van der Waals surface area contributed by atoms with Crippen molar-refractivity contribution >= 4 is 17.5 Å². The number of esters is 2. The lowest BCUT2D eigenvalue weighted by Crippen LogP contribution is -2.05. The molecule has 0 atom stereocenters. The Morgan fingerprint density at radius 2 is 1.48 bits per heavy atom. The van der Waals surface area contributed by atoms with E-state index in [1.807, 2.05) is 49.5 Å². The minimum absolute atomic E-state index is 0.311. The molecule has 5 nitrogen and oxygen atoms in total. The lowest BCUT2D eigenvalue weighted by molar-refractivity contribution is 0.0504. The highest BCUT2D eigenvalue weighted by molar-refractivity contribution is 5.97. The number of aromatic nitrogens is 1. The molecule has 5 heteroatoms. The molecule has 4 rings (SSSR count). The summed E-state index contributed by atoms with van der Waals surface area (Å²) in [6.07, 6.45) is 4.86. The summed E-state index contributed by atoms with van der Waals surface area (Å²) in [4.78, 5) is 23.9. The summed E-state index contributed by atoms with van der Waals surface area (Å²) in [5.74, 6) is -0.673. The van der Waals surface area contributed by atoms with Crippen molar-refractivity contribution in [3.8, 4) is 22.3 Å². The normalized spacial score (nSPS) is 10.8. The van der Waals surface area contributed by atoms with Crippen LogP contribution in [0.2, 0.25) is 0 Å². The number of fused-ring (bicyclic) bond motifs is 1. The Bertz CT molecular complexity index is 1220. The highest BCUT2D eigenvalue weighted by atomic mass is 16.5. The first-order chi connectivity index (χ1) is 15.1. The van der Waals surface area contributed by atoms with E-state index in [0.29, 0.717) is 17.7 Å². The van der Waals surface area contributed by atoms with Gasteiger partial charge in [0.1, 0.15) is 0 Å². The lowest BCUT2D eigenvalue weighted by Gasteiger charge is -2.08. The van der Waals surface area contributed by atoms with Gasteiger partial charge < -0.3 is 13.9 Å². The molecule has 31 heavy (non-hydrogen) atoms. The van der Waals surface area contributed by atoms with Crippen molar-refractivity contribution in [3.63, 3.8) is 0 Å². The average molecular weight is 413 g/mol. The first-order valence-electron chi connectivity index (χ1n) is 10.2. The van der Waals surface area contributed by atoms with E-state index in [0.717, 1.165) is 34.2 Å². The van der Waals surface area contributed by atoms with Crippen molar-refractivity contribution in [1.82, 2.24) is 4.40 Å². The molecule has 4 aromatic rings. The molecule has 0 bridgehead atoms. The Morgan fingerprint density at radius 3 is 2.13 bits per heavy atom. The van der Waals surface area contributed by atoms with Gasteiger partial charge in [0.05, 0.1) is 30.4 Å². The first kappa shape index (κ1) is 20.4. The highest BCUT2D eigenvalue weighted by Gasteiger charge is 2.16. The van der Waals surface area contributed by atoms with Crippen molar-refractivity contribution in [1.29, 1.82) is 0 Å². The van der Waals surface area contributed by atoms with Crippen LogP contribution in [0.1, 0.15) is 34.1 Å². The van der Waals surface area contributed by atoms with Crippen LogP contribution < -0.4 is 0 Å². The quantitative estimate of drug-likeness (QED) is 0.385. The van der Waals surface area contributed by atoms with Crippen molar-refractivity contribution in [2.75, 3.05) is 13.7 Å². The van der Waals surface area contributed by atoms with Crippen LogP contribution in [0, 0.1) is 0 Å². The van der Waals surface area contributed by atoms with Crippen molar-refractivity contribution < 1.29 is 19.1 Å². The van der Waals surface area contributed by atoms with E-state index in [9.17, 15) is 9.59 Å². The van der Waals surface area contributed by atoms with Gasteiger partial charge >= 0.3 is 11.9 Å². The maximum absolute atomic E-state index is 12.1. The van der Waals surface area contributed by atoms with Gasteiger partial charge in [0, 0.05) is 23.5 Å². The van der Waals surface area contributed by atoms with Gasteiger partial charge in [-0.3, -0.25) is 0 Å². The number of carbonyl (C=O) groups is 2. The van der Waals surface area contributed by atoms with Crippen molar-refractivity contribution in [2.45, 2.75) is 13.3 Å². The van der Waals surface area contributed by atoms with E-state index in [1.165, 1.54) is 7.11 Å². The molecule has 0 amide bonds. The van der Waals surface area contributed by atoms with Gasteiger partial charge in [-0.25, -0.2) is 9.59 Å². The monoisotopic (exact) mass is 413 g/mol. The van der Waals surface area contributed by atoms with Gasteiger partial charge in [-0.1, -0.05) is 37.3 Å². The SMILES string of the molecule is CCCOC(=O)c1ccc(-c2c(-c3ccc(C(=O)OC)cc3)cn3ccccc23)cc1. The van der Waals surface area contributed by atoms with Gasteiger partial charge in [-0.05, 0) is 53.9 Å². The summed E-state index contributed by atoms with van der Waals surface area (Å²) in [6, 6.07) is 20.9. The van der Waals surface area contributed by atoms with Crippen LogP contribution in [0.5, 0.6) is 0 Å². The van der Waals surface area contributed by atoms with Crippen LogP contribution in [-0.2, 0) is 9.47 Å². The molecule has 2 aromatic heterocycles. The molecule has 0 saturated heterocycles. The summed E-state index contributed by atoms with van der Waals surface area (Å²) in [6.45, 7) is 2.38. The van der Waals surface area contributed by atoms with E-state index in [-0.39, 0.29) is 11.9 Å². The smallest absolute Gasteiger partial charge is 0.338 e. The van der Waals surface area contributed by atoms with Crippen LogP contribution in [0.4, 0.5) is 0 Å². The Balaban J connectivity index is 1.77. The summed E-state index contributed by atoms with van der Waals surface area (Å²) in [5, 5.41) is 0. The number of methoxy groups -OCH3 is 1. The Hall–Kier alpha value is -3.86.